The van der Waals surface area contributed by atoms with Gasteiger partial charge in [-0.05, 0) is 13.8 Å². The van der Waals surface area contributed by atoms with Crippen LogP contribution >= 0.6 is 0 Å². The van der Waals surface area contributed by atoms with Crippen LogP contribution in [0.3, 0.4) is 0 Å². The fourth-order valence-corrected chi connectivity index (χ4v) is 1.47. The molecule has 0 fully saturated rings. The zero-order chi connectivity index (χ0) is 11.3. The monoisotopic (exact) mass is 208 g/mol. The van der Waals surface area contributed by atoms with Gasteiger partial charge < -0.3 is 10.6 Å². The molecule has 0 heterocycles. The van der Waals surface area contributed by atoms with E-state index in [1.165, 1.54) is 0 Å². The second-order valence-electron chi connectivity index (χ2n) is 3.24. The third-order valence-corrected chi connectivity index (χ3v) is 2.15. The molecule has 0 saturated heterocycles. The molecule has 1 aliphatic carbocycles. The highest BCUT2D eigenvalue weighted by Gasteiger charge is 2.26. The normalized spacial score (nSPS) is 18.5. The molecule has 0 aromatic carbocycles. The van der Waals surface area contributed by atoms with Gasteiger partial charge in [0.1, 0.15) is 0 Å². The van der Waals surface area contributed by atoms with E-state index in [4.69, 9.17) is 0 Å². The number of nitrogens with one attached hydrogen (secondary N) is 2. The van der Waals surface area contributed by atoms with Crippen molar-refractivity contribution in [2.45, 2.75) is 13.8 Å². The van der Waals surface area contributed by atoms with Gasteiger partial charge in [-0.25, -0.2) is 0 Å². The number of rotatable bonds is 4. The first kappa shape index (κ1) is 11.5. The summed E-state index contributed by atoms with van der Waals surface area (Å²) in [6.45, 7) is 4.85. The first-order valence-electron chi connectivity index (χ1n) is 5.15. The fourth-order valence-electron chi connectivity index (χ4n) is 1.47. The van der Waals surface area contributed by atoms with Gasteiger partial charge >= 0.3 is 0 Å². The molecule has 1 aliphatic rings. The zero-order valence-corrected chi connectivity index (χ0v) is 9.04. The number of allylic oxidation sites excluding steroid dienone is 2. The molecule has 4 heteroatoms. The number of hydrogen-bond donors (Lipinski definition) is 2. The van der Waals surface area contributed by atoms with Crippen LogP contribution < -0.4 is 10.6 Å². The molecular formula is C11H16N2O2. The van der Waals surface area contributed by atoms with E-state index in [2.05, 4.69) is 10.6 Å². The van der Waals surface area contributed by atoms with Crippen LogP contribution in [-0.4, -0.2) is 24.9 Å². The largest absolute Gasteiger partial charge is 0.356 e. The molecular weight excluding hydrogens is 192 g/mol. The van der Waals surface area contributed by atoms with Crippen molar-refractivity contribution in [1.82, 2.24) is 10.6 Å². The molecule has 4 nitrogen and oxygen atoms in total. The topological polar surface area (TPSA) is 58.2 Å². The highest BCUT2D eigenvalue weighted by Crippen LogP contribution is 2.19. The van der Waals surface area contributed by atoms with Gasteiger partial charge in [0.05, 0.1) is 5.92 Å². The van der Waals surface area contributed by atoms with Gasteiger partial charge in [0.2, 0.25) is 11.8 Å². The van der Waals surface area contributed by atoms with Crippen LogP contribution in [0.4, 0.5) is 0 Å². The lowest BCUT2D eigenvalue weighted by molar-refractivity contribution is -0.125. The average Bonchev–Trinajstić information content (AvgIpc) is 2.66. The second-order valence-corrected chi connectivity index (χ2v) is 3.24. The number of carbonyl (C=O) groups is 2. The Morgan fingerprint density at radius 3 is 2.53 bits per heavy atom. The molecule has 2 amide bonds. The minimum Gasteiger partial charge on any atom is -0.356 e. The Morgan fingerprint density at radius 2 is 1.93 bits per heavy atom. The molecule has 82 valence electrons. The maximum Gasteiger partial charge on any atom is 0.248 e. The highest BCUT2D eigenvalue weighted by molar-refractivity contribution is 6.02. The van der Waals surface area contributed by atoms with E-state index in [-0.39, 0.29) is 11.8 Å². The molecule has 1 atom stereocenters. The molecule has 2 N–H and O–H groups in total. The Hall–Kier alpha value is -1.58. The van der Waals surface area contributed by atoms with Crippen molar-refractivity contribution in [3.8, 4) is 0 Å². The first-order chi connectivity index (χ1) is 7.20. The lowest BCUT2D eigenvalue weighted by atomic mass is 10.0. The summed E-state index contributed by atoms with van der Waals surface area (Å²) in [5.74, 6) is -0.723. The van der Waals surface area contributed by atoms with Gasteiger partial charge in [0, 0.05) is 18.7 Å². The molecule has 15 heavy (non-hydrogen) atoms. The van der Waals surface area contributed by atoms with Gasteiger partial charge in [0.15, 0.2) is 0 Å². The van der Waals surface area contributed by atoms with Crippen molar-refractivity contribution in [3.63, 3.8) is 0 Å². The predicted molar refractivity (Wildman–Crippen MR) is 58.1 cm³/mol. The van der Waals surface area contributed by atoms with Crippen molar-refractivity contribution < 1.29 is 9.59 Å². The Morgan fingerprint density at radius 1 is 1.27 bits per heavy atom. The lowest BCUT2D eigenvalue weighted by Gasteiger charge is -2.12. The van der Waals surface area contributed by atoms with Crippen LogP contribution in [0.5, 0.6) is 0 Å². The summed E-state index contributed by atoms with van der Waals surface area (Å²) in [6, 6.07) is 0. The van der Waals surface area contributed by atoms with Gasteiger partial charge in [-0.1, -0.05) is 18.2 Å². The number of amides is 2. The van der Waals surface area contributed by atoms with Crippen LogP contribution in [0.2, 0.25) is 0 Å². The first-order valence-corrected chi connectivity index (χ1v) is 5.15. The maximum absolute atomic E-state index is 11.6. The van der Waals surface area contributed by atoms with Gasteiger partial charge in [-0.15, -0.1) is 0 Å². The Bertz CT molecular complexity index is 319. The van der Waals surface area contributed by atoms with Crippen molar-refractivity contribution in [2.75, 3.05) is 13.1 Å². The van der Waals surface area contributed by atoms with Crippen LogP contribution in [-0.2, 0) is 9.59 Å². The molecule has 0 bridgehead atoms. The van der Waals surface area contributed by atoms with Crippen LogP contribution in [0.25, 0.3) is 0 Å². The van der Waals surface area contributed by atoms with E-state index < -0.39 is 5.92 Å². The summed E-state index contributed by atoms with van der Waals surface area (Å²) < 4.78 is 0. The Balaban J connectivity index is 2.67. The summed E-state index contributed by atoms with van der Waals surface area (Å²) in [7, 11) is 0. The van der Waals surface area contributed by atoms with Crippen molar-refractivity contribution in [2.24, 2.45) is 5.92 Å². The summed E-state index contributed by atoms with van der Waals surface area (Å²) in [5, 5.41) is 5.39. The molecule has 0 saturated carbocycles. The predicted octanol–water partition coefficient (Wildman–Crippen LogP) is 0.371. The highest BCUT2D eigenvalue weighted by atomic mass is 16.2. The summed E-state index contributed by atoms with van der Waals surface area (Å²) in [5.41, 5.74) is 0.516. The van der Waals surface area contributed by atoms with Gasteiger partial charge in [-0.3, -0.25) is 9.59 Å². The van der Waals surface area contributed by atoms with E-state index in [0.717, 1.165) is 0 Å². The Kier molecular flexibility index (Phi) is 4.09. The van der Waals surface area contributed by atoms with Gasteiger partial charge in [0.25, 0.3) is 0 Å². The van der Waals surface area contributed by atoms with Crippen LogP contribution in [0.1, 0.15) is 13.8 Å². The third-order valence-electron chi connectivity index (χ3n) is 2.15. The summed E-state index contributed by atoms with van der Waals surface area (Å²) in [6.07, 6.45) is 5.16. The van der Waals surface area contributed by atoms with Gasteiger partial charge in [-0.2, -0.15) is 0 Å². The van der Waals surface area contributed by atoms with Crippen molar-refractivity contribution in [3.05, 3.63) is 23.8 Å². The summed E-state index contributed by atoms with van der Waals surface area (Å²) >= 11 is 0. The minimum atomic E-state index is -0.434. The average molecular weight is 208 g/mol. The van der Waals surface area contributed by atoms with Crippen molar-refractivity contribution >= 4 is 11.8 Å². The van der Waals surface area contributed by atoms with Crippen LogP contribution in [0.15, 0.2) is 23.8 Å². The van der Waals surface area contributed by atoms with Crippen LogP contribution in [0, 0.1) is 5.92 Å². The minimum absolute atomic E-state index is 0.122. The van der Waals surface area contributed by atoms with Crippen molar-refractivity contribution in [1.29, 1.82) is 0 Å². The molecule has 0 radical (unpaired) electrons. The fraction of sp³-hybridized carbons (Fsp3) is 0.455. The van der Waals surface area contributed by atoms with E-state index in [9.17, 15) is 9.59 Å². The number of hydrogen-bond acceptors (Lipinski definition) is 2. The quantitative estimate of drug-likeness (QED) is 0.701. The van der Waals surface area contributed by atoms with E-state index in [1.807, 2.05) is 13.8 Å². The SMILES string of the molecule is CCNC(=O)C1=CC=CC1C(=O)NCC. The lowest BCUT2D eigenvalue weighted by Crippen LogP contribution is -2.35. The third kappa shape index (κ3) is 2.68. The van der Waals surface area contributed by atoms with E-state index >= 15 is 0 Å². The number of carbonyl (C=O) groups excluding carboxylic acids is 2. The molecule has 1 rings (SSSR count). The van der Waals surface area contributed by atoms with E-state index in [0.29, 0.717) is 18.7 Å². The zero-order valence-electron chi connectivity index (χ0n) is 9.04. The summed E-state index contributed by atoms with van der Waals surface area (Å²) in [4.78, 5) is 23.1. The number of likely N-dealkylation sites (N-methyl/N-ethyl adjacent to an activating group) is 1. The van der Waals surface area contributed by atoms with E-state index in [1.54, 1.807) is 18.2 Å². The molecule has 0 aromatic rings. The Labute approximate surface area is 89.4 Å². The molecule has 1 unspecified atom stereocenters. The molecule has 0 spiro atoms. The smallest absolute Gasteiger partial charge is 0.248 e. The standard InChI is InChI=1S/C11H16N2O2/c1-3-12-10(14)8-6-5-7-9(8)11(15)13-4-2/h5-8H,3-4H2,1-2H3,(H,12,14)(H,13,15). The molecule has 0 aliphatic heterocycles. The maximum atomic E-state index is 11.6. The second kappa shape index (κ2) is 5.34. The molecule has 0 aromatic heterocycles.